The molecule has 132 valence electrons. The zero-order valence-corrected chi connectivity index (χ0v) is 14.4. The molecule has 7 heteroatoms. The quantitative estimate of drug-likeness (QED) is 0.682. The Hall–Kier alpha value is -3.48. The SMILES string of the molecule is CCOc1ccc(-c2nnc(NC(=O)c3ccc(C(C)=O)cc3)o2)cc1. The first-order valence-electron chi connectivity index (χ1n) is 8.06. The number of ether oxygens (including phenoxy) is 1. The Morgan fingerprint density at radius 2 is 1.65 bits per heavy atom. The molecule has 0 fully saturated rings. The molecule has 1 heterocycles. The predicted molar refractivity (Wildman–Crippen MR) is 95.3 cm³/mol. The van der Waals surface area contributed by atoms with E-state index in [0.717, 1.165) is 5.75 Å². The van der Waals surface area contributed by atoms with Crippen LogP contribution in [0.2, 0.25) is 0 Å². The van der Waals surface area contributed by atoms with Crippen molar-refractivity contribution in [2.24, 2.45) is 0 Å². The summed E-state index contributed by atoms with van der Waals surface area (Å²) in [5.41, 5.74) is 1.64. The number of hydrogen-bond donors (Lipinski definition) is 1. The lowest BCUT2D eigenvalue weighted by atomic mass is 10.1. The Balaban J connectivity index is 1.69. The molecule has 0 aliphatic rings. The Morgan fingerprint density at radius 1 is 1.00 bits per heavy atom. The fraction of sp³-hybridized carbons (Fsp3) is 0.158. The fourth-order valence-electron chi connectivity index (χ4n) is 2.28. The number of amides is 1. The minimum atomic E-state index is -0.401. The van der Waals surface area contributed by atoms with Crippen molar-refractivity contribution in [3.8, 4) is 17.2 Å². The summed E-state index contributed by atoms with van der Waals surface area (Å²) in [5.74, 6) is 0.574. The summed E-state index contributed by atoms with van der Waals surface area (Å²) in [4.78, 5) is 23.5. The van der Waals surface area contributed by atoms with Gasteiger partial charge in [0.2, 0.25) is 5.89 Å². The van der Waals surface area contributed by atoms with Gasteiger partial charge < -0.3 is 9.15 Å². The number of hydrogen-bond acceptors (Lipinski definition) is 6. The third-order valence-electron chi connectivity index (χ3n) is 3.61. The molecule has 0 aliphatic heterocycles. The topological polar surface area (TPSA) is 94.3 Å². The van der Waals surface area contributed by atoms with E-state index in [2.05, 4.69) is 15.5 Å². The van der Waals surface area contributed by atoms with Crippen molar-refractivity contribution in [2.45, 2.75) is 13.8 Å². The molecule has 2 aromatic carbocycles. The van der Waals surface area contributed by atoms with Gasteiger partial charge in [0.25, 0.3) is 5.91 Å². The molecular weight excluding hydrogens is 334 g/mol. The van der Waals surface area contributed by atoms with Crippen molar-refractivity contribution >= 4 is 17.7 Å². The summed E-state index contributed by atoms with van der Waals surface area (Å²) < 4.78 is 10.9. The minimum Gasteiger partial charge on any atom is -0.494 e. The molecule has 1 N–H and O–H groups in total. The number of carbonyl (C=O) groups is 2. The van der Waals surface area contributed by atoms with Gasteiger partial charge >= 0.3 is 6.01 Å². The molecule has 0 spiro atoms. The van der Waals surface area contributed by atoms with E-state index in [1.807, 2.05) is 6.92 Å². The van der Waals surface area contributed by atoms with Gasteiger partial charge in [-0.3, -0.25) is 14.9 Å². The predicted octanol–water partition coefficient (Wildman–Crippen LogP) is 3.59. The molecule has 26 heavy (non-hydrogen) atoms. The highest BCUT2D eigenvalue weighted by Crippen LogP contribution is 2.23. The Labute approximate surface area is 150 Å². The molecule has 0 atom stereocenters. The van der Waals surface area contributed by atoms with Crippen LogP contribution < -0.4 is 10.1 Å². The zero-order chi connectivity index (χ0) is 18.5. The molecular formula is C19H17N3O4. The van der Waals surface area contributed by atoms with Gasteiger partial charge in [-0.1, -0.05) is 17.2 Å². The summed E-state index contributed by atoms with van der Waals surface area (Å²) in [6.07, 6.45) is 0. The number of nitrogens with zero attached hydrogens (tertiary/aromatic N) is 2. The molecule has 0 unspecified atom stereocenters. The summed E-state index contributed by atoms with van der Waals surface area (Å²) in [6, 6.07) is 13.5. The van der Waals surface area contributed by atoms with Crippen LogP contribution in [0.25, 0.3) is 11.5 Å². The highest BCUT2D eigenvalue weighted by atomic mass is 16.5. The highest BCUT2D eigenvalue weighted by Gasteiger charge is 2.13. The van der Waals surface area contributed by atoms with Gasteiger partial charge in [-0.2, -0.15) is 0 Å². The molecule has 7 nitrogen and oxygen atoms in total. The van der Waals surface area contributed by atoms with E-state index in [4.69, 9.17) is 9.15 Å². The van der Waals surface area contributed by atoms with E-state index in [1.165, 1.54) is 6.92 Å². The number of ketones is 1. The third kappa shape index (κ3) is 3.94. The van der Waals surface area contributed by atoms with Crippen LogP contribution in [0.15, 0.2) is 52.9 Å². The van der Waals surface area contributed by atoms with Gasteiger partial charge in [0.15, 0.2) is 5.78 Å². The zero-order valence-electron chi connectivity index (χ0n) is 14.4. The van der Waals surface area contributed by atoms with Crippen molar-refractivity contribution in [2.75, 3.05) is 11.9 Å². The van der Waals surface area contributed by atoms with Gasteiger partial charge in [0, 0.05) is 16.7 Å². The van der Waals surface area contributed by atoms with Crippen molar-refractivity contribution in [1.29, 1.82) is 0 Å². The van der Waals surface area contributed by atoms with Gasteiger partial charge in [-0.05, 0) is 50.2 Å². The van der Waals surface area contributed by atoms with Crippen molar-refractivity contribution in [3.05, 3.63) is 59.7 Å². The lowest BCUT2D eigenvalue weighted by molar-refractivity contribution is 0.100. The van der Waals surface area contributed by atoms with Crippen molar-refractivity contribution < 1.29 is 18.7 Å². The number of carbonyl (C=O) groups excluding carboxylic acids is 2. The molecule has 0 radical (unpaired) electrons. The van der Waals surface area contributed by atoms with Crippen LogP contribution >= 0.6 is 0 Å². The second kappa shape index (κ2) is 7.60. The largest absolute Gasteiger partial charge is 0.494 e. The molecule has 0 saturated heterocycles. The number of nitrogens with one attached hydrogen (secondary N) is 1. The minimum absolute atomic E-state index is 0.00507. The molecule has 0 saturated carbocycles. The molecule has 0 aliphatic carbocycles. The van der Waals surface area contributed by atoms with Crippen LogP contribution in [0, 0.1) is 0 Å². The van der Waals surface area contributed by atoms with Crippen LogP contribution in [0.5, 0.6) is 5.75 Å². The average molecular weight is 351 g/mol. The first kappa shape index (κ1) is 17.3. The van der Waals surface area contributed by atoms with Crippen LogP contribution in [-0.4, -0.2) is 28.5 Å². The number of anilines is 1. The summed E-state index contributed by atoms with van der Waals surface area (Å²) in [7, 11) is 0. The number of benzene rings is 2. The van der Waals surface area contributed by atoms with E-state index in [-0.39, 0.29) is 17.7 Å². The maximum Gasteiger partial charge on any atom is 0.322 e. The van der Waals surface area contributed by atoms with Gasteiger partial charge in [-0.15, -0.1) is 5.10 Å². The van der Waals surface area contributed by atoms with Crippen molar-refractivity contribution in [1.82, 2.24) is 10.2 Å². The molecule has 0 bridgehead atoms. The van der Waals surface area contributed by atoms with Crippen LogP contribution in [0.4, 0.5) is 6.01 Å². The average Bonchev–Trinajstić information content (AvgIpc) is 3.11. The second-order valence-corrected chi connectivity index (χ2v) is 5.46. The van der Waals surface area contributed by atoms with Gasteiger partial charge in [-0.25, -0.2) is 0 Å². The first-order chi connectivity index (χ1) is 12.6. The Kier molecular flexibility index (Phi) is 5.07. The van der Waals surface area contributed by atoms with E-state index >= 15 is 0 Å². The highest BCUT2D eigenvalue weighted by molar-refractivity contribution is 6.04. The van der Waals surface area contributed by atoms with Gasteiger partial charge in [0.05, 0.1) is 6.61 Å². The number of aromatic nitrogens is 2. The van der Waals surface area contributed by atoms with E-state index < -0.39 is 5.91 Å². The smallest absolute Gasteiger partial charge is 0.322 e. The van der Waals surface area contributed by atoms with E-state index in [0.29, 0.717) is 23.3 Å². The summed E-state index contributed by atoms with van der Waals surface area (Å²) >= 11 is 0. The molecule has 3 aromatic rings. The van der Waals surface area contributed by atoms with Crippen LogP contribution in [0.3, 0.4) is 0 Å². The summed E-state index contributed by atoms with van der Waals surface area (Å²) in [6.45, 7) is 3.97. The van der Waals surface area contributed by atoms with Gasteiger partial charge in [0.1, 0.15) is 5.75 Å². The Bertz CT molecular complexity index is 915. The molecule has 3 rings (SSSR count). The number of rotatable bonds is 6. The second-order valence-electron chi connectivity index (χ2n) is 5.46. The first-order valence-corrected chi connectivity index (χ1v) is 8.06. The molecule has 1 aromatic heterocycles. The van der Waals surface area contributed by atoms with Crippen LogP contribution in [-0.2, 0) is 0 Å². The van der Waals surface area contributed by atoms with Crippen LogP contribution in [0.1, 0.15) is 34.6 Å². The van der Waals surface area contributed by atoms with E-state index in [9.17, 15) is 9.59 Å². The third-order valence-corrected chi connectivity index (χ3v) is 3.61. The van der Waals surface area contributed by atoms with E-state index in [1.54, 1.807) is 48.5 Å². The lowest BCUT2D eigenvalue weighted by Gasteiger charge is -2.02. The standard InChI is InChI=1S/C19H17N3O4/c1-3-25-16-10-8-15(9-11-16)18-21-22-19(26-18)20-17(24)14-6-4-13(5-7-14)12(2)23/h4-11H,3H2,1-2H3,(H,20,22,24). The maximum atomic E-state index is 12.2. The summed E-state index contributed by atoms with van der Waals surface area (Å²) in [5, 5.41) is 10.3. The molecule has 1 amide bonds. The normalized spacial score (nSPS) is 10.4. The van der Waals surface area contributed by atoms with Crippen molar-refractivity contribution in [3.63, 3.8) is 0 Å². The Morgan fingerprint density at radius 3 is 2.27 bits per heavy atom. The maximum absolute atomic E-state index is 12.2. The fourth-order valence-corrected chi connectivity index (χ4v) is 2.28. The monoisotopic (exact) mass is 351 g/mol. The number of Topliss-reactive ketones (excluding diaryl/α,β-unsaturated/α-hetero) is 1. The lowest BCUT2D eigenvalue weighted by Crippen LogP contribution is -2.12.